The number of hydrogen-bond acceptors (Lipinski definition) is 5. The van der Waals surface area contributed by atoms with Crippen LogP contribution in [0.3, 0.4) is 0 Å². The lowest BCUT2D eigenvalue weighted by atomic mass is 10.1. The molecule has 2 aromatic carbocycles. The minimum Gasteiger partial charge on any atom is -0.424 e. The van der Waals surface area contributed by atoms with E-state index in [1.54, 1.807) is 42.7 Å². The number of nitrogens with one attached hydrogen (secondary N) is 1. The Kier molecular flexibility index (Phi) is 5.81. The van der Waals surface area contributed by atoms with Crippen LogP contribution >= 0.6 is 15.9 Å². The van der Waals surface area contributed by atoms with Crippen LogP contribution in [-0.4, -0.2) is 25.7 Å². The molecule has 156 valence electrons. The van der Waals surface area contributed by atoms with Gasteiger partial charge >= 0.3 is 6.01 Å². The number of anilines is 1. The molecular weight excluding hydrogens is 458 g/mol. The van der Waals surface area contributed by atoms with Gasteiger partial charge in [0, 0.05) is 23.6 Å². The van der Waals surface area contributed by atoms with Crippen molar-refractivity contribution in [2.24, 2.45) is 0 Å². The van der Waals surface area contributed by atoms with Crippen LogP contribution in [0, 0.1) is 20.8 Å². The van der Waals surface area contributed by atoms with Crippen LogP contribution in [0.25, 0.3) is 5.69 Å². The van der Waals surface area contributed by atoms with Crippen molar-refractivity contribution in [3.8, 4) is 17.4 Å². The first-order valence-electron chi connectivity index (χ1n) is 9.61. The van der Waals surface area contributed by atoms with Gasteiger partial charge in [0.25, 0.3) is 5.91 Å². The minimum atomic E-state index is -0.191. The summed E-state index contributed by atoms with van der Waals surface area (Å²) in [7, 11) is 0. The van der Waals surface area contributed by atoms with Crippen LogP contribution in [0.15, 0.2) is 65.4 Å². The Bertz CT molecular complexity index is 1240. The van der Waals surface area contributed by atoms with Crippen molar-refractivity contribution < 1.29 is 9.53 Å². The molecule has 0 fully saturated rings. The smallest absolute Gasteiger partial charge is 0.321 e. The summed E-state index contributed by atoms with van der Waals surface area (Å²) in [6, 6.07) is 14.7. The van der Waals surface area contributed by atoms with Crippen molar-refractivity contribution >= 4 is 27.5 Å². The number of halogens is 1. The van der Waals surface area contributed by atoms with Crippen molar-refractivity contribution in [2.75, 3.05) is 5.32 Å². The third kappa shape index (κ3) is 4.49. The maximum Gasteiger partial charge on any atom is 0.321 e. The molecule has 31 heavy (non-hydrogen) atoms. The third-order valence-electron chi connectivity index (χ3n) is 4.77. The van der Waals surface area contributed by atoms with Crippen molar-refractivity contribution in [1.82, 2.24) is 19.7 Å². The zero-order chi connectivity index (χ0) is 22.0. The number of carbonyl (C=O) groups is 1. The van der Waals surface area contributed by atoms with E-state index in [1.807, 2.05) is 43.7 Å². The maximum atomic E-state index is 12.7. The van der Waals surface area contributed by atoms with Crippen LogP contribution in [0.2, 0.25) is 0 Å². The molecule has 2 heterocycles. The van der Waals surface area contributed by atoms with E-state index in [-0.39, 0.29) is 11.9 Å². The molecule has 0 radical (unpaired) electrons. The number of carbonyl (C=O) groups excluding carboxylic acids is 1. The summed E-state index contributed by atoms with van der Waals surface area (Å²) in [5.41, 5.74) is 4.95. The number of rotatable bonds is 5. The summed E-state index contributed by atoms with van der Waals surface area (Å²) < 4.78 is 8.46. The largest absolute Gasteiger partial charge is 0.424 e. The predicted molar refractivity (Wildman–Crippen MR) is 122 cm³/mol. The van der Waals surface area contributed by atoms with Crippen molar-refractivity contribution in [1.29, 1.82) is 0 Å². The lowest BCUT2D eigenvalue weighted by Crippen LogP contribution is -2.13. The molecule has 8 heteroatoms. The number of aromatic nitrogens is 4. The Balaban J connectivity index is 1.47. The molecule has 4 rings (SSSR count). The zero-order valence-electron chi connectivity index (χ0n) is 17.3. The van der Waals surface area contributed by atoms with Crippen molar-refractivity contribution in [2.45, 2.75) is 20.8 Å². The highest BCUT2D eigenvalue weighted by Crippen LogP contribution is 2.25. The lowest BCUT2D eigenvalue weighted by Gasteiger charge is -2.11. The molecule has 7 nitrogen and oxygen atoms in total. The van der Waals surface area contributed by atoms with Crippen LogP contribution < -0.4 is 10.1 Å². The minimum absolute atomic E-state index is 0.191. The zero-order valence-corrected chi connectivity index (χ0v) is 18.8. The van der Waals surface area contributed by atoms with Gasteiger partial charge < -0.3 is 10.1 Å². The van der Waals surface area contributed by atoms with Crippen LogP contribution in [0.1, 0.15) is 27.3 Å². The van der Waals surface area contributed by atoms with E-state index >= 15 is 0 Å². The van der Waals surface area contributed by atoms with Gasteiger partial charge in [-0.05, 0) is 90.8 Å². The number of nitrogens with zero attached hydrogens (tertiary/aromatic N) is 4. The van der Waals surface area contributed by atoms with Gasteiger partial charge in [0.15, 0.2) is 0 Å². The highest BCUT2D eigenvalue weighted by molar-refractivity contribution is 9.10. The molecular formula is C23H20BrN5O2. The Morgan fingerprint density at radius 3 is 2.35 bits per heavy atom. The van der Waals surface area contributed by atoms with E-state index in [0.29, 0.717) is 17.0 Å². The van der Waals surface area contributed by atoms with Crippen molar-refractivity contribution in [3.63, 3.8) is 0 Å². The van der Waals surface area contributed by atoms with Crippen LogP contribution in [0.4, 0.5) is 5.69 Å². The first-order valence-corrected chi connectivity index (χ1v) is 10.4. The van der Waals surface area contributed by atoms with Gasteiger partial charge in [0.1, 0.15) is 5.75 Å². The topological polar surface area (TPSA) is 81.9 Å². The van der Waals surface area contributed by atoms with E-state index in [9.17, 15) is 4.79 Å². The fourth-order valence-corrected chi connectivity index (χ4v) is 3.35. The Morgan fingerprint density at radius 2 is 1.74 bits per heavy atom. The summed E-state index contributed by atoms with van der Waals surface area (Å²) in [5.74, 6) is 0.409. The highest BCUT2D eigenvalue weighted by atomic mass is 79.9. The first-order chi connectivity index (χ1) is 14.9. The molecule has 0 saturated carbocycles. The average molecular weight is 478 g/mol. The normalized spacial score (nSPS) is 10.7. The number of ether oxygens (including phenoxy) is 1. The molecule has 0 unspecified atom stereocenters. The molecule has 0 spiro atoms. The van der Waals surface area contributed by atoms with Gasteiger partial charge in [-0.25, -0.2) is 14.6 Å². The SMILES string of the molecule is Cc1cc(Oc2ncccn2)ccc1NC(=O)c1ccc(-n2nc(C)c(Br)c2C)cc1. The van der Waals surface area contributed by atoms with Gasteiger partial charge in [-0.1, -0.05) is 0 Å². The fourth-order valence-electron chi connectivity index (χ4n) is 3.11. The van der Waals surface area contributed by atoms with E-state index in [4.69, 9.17) is 4.74 Å². The monoisotopic (exact) mass is 477 g/mol. The molecule has 0 saturated heterocycles. The maximum absolute atomic E-state index is 12.7. The molecule has 0 aliphatic carbocycles. The lowest BCUT2D eigenvalue weighted by molar-refractivity contribution is 0.102. The number of benzene rings is 2. The molecule has 0 atom stereocenters. The average Bonchev–Trinajstić information content (AvgIpc) is 3.03. The van der Waals surface area contributed by atoms with Gasteiger partial charge in [-0.2, -0.15) is 5.10 Å². The van der Waals surface area contributed by atoms with Crippen LogP contribution in [0.5, 0.6) is 11.8 Å². The van der Waals surface area contributed by atoms with Gasteiger partial charge in [0.05, 0.1) is 21.5 Å². The van der Waals surface area contributed by atoms with Crippen molar-refractivity contribution in [3.05, 3.63) is 87.9 Å². The molecule has 1 amide bonds. The highest BCUT2D eigenvalue weighted by Gasteiger charge is 2.12. The number of amides is 1. The predicted octanol–water partition coefficient (Wildman–Crippen LogP) is 5.39. The first kappa shape index (κ1) is 20.7. The summed E-state index contributed by atoms with van der Waals surface area (Å²) in [6.07, 6.45) is 3.23. The molecule has 4 aromatic rings. The fraction of sp³-hybridized carbons (Fsp3) is 0.130. The molecule has 2 aromatic heterocycles. The van der Waals surface area contributed by atoms with E-state index < -0.39 is 0 Å². The Morgan fingerprint density at radius 1 is 1.03 bits per heavy atom. The second kappa shape index (κ2) is 8.69. The molecule has 1 N–H and O–H groups in total. The second-order valence-corrected chi connectivity index (χ2v) is 7.80. The molecule has 0 bridgehead atoms. The summed E-state index contributed by atoms with van der Waals surface area (Å²) in [5, 5.41) is 7.47. The molecule has 0 aliphatic heterocycles. The molecule has 0 aliphatic rings. The Hall–Kier alpha value is -3.52. The number of hydrogen-bond donors (Lipinski definition) is 1. The quantitative estimate of drug-likeness (QED) is 0.416. The second-order valence-electron chi connectivity index (χ2n) is 7.01. The van der Waals surface area contributed by atoms with E-state index in [1.165, 1.54) is 0 Å². The summed E-state index contributed by atoms with van der Waals surface area (Å²) >= 11 is 3.54. The number of aryl methyl sites for hydroxylation is 2. The summed E-state index contributed by atoms with van der Waals surface area (Å²) in [4.78, 5) is 20.8. The summed E-state index contributed by atoms with van der Waals surface area (Å²) in [6.45, 7) is 5.84. The van der Waals surface area contributed by atoms with Gasteiger partial charge in [0.2, 0.25) is 0 Å². The van der Waals surface area contributed by atoms with E-state index in [0.717, 1.165) is 27.1 Å². The standard InChI is InChI=1S/C23H20BrN5O2/c1-14-13-19(31-23-25-11-4-12-26-23)9-10-20(14)27-22(30)17-5-7-18(8-6-17)29-16(3)21(24)15(2)28-29/h4-13H,1-3H3,(H,27,30). The third-order valence-corrected chi connectivity index (χ3v) is 5.92. The Labute approximate surface area is 188 Å². The van der Waals surface area contributed by atoms with Gasteiger partial charge in [-0.15, -0.1) is 0 Å². The van der Waals surface area contributed by atoms with Crippen LogP contribution in [-0.2, 0) is 0 Å². The van der Waals surface area contributed by atoms with Gasteiger partial charge in [-0.3, -0.25) is 4.79 Å². The van der Waals surface area contributed by atoms with E-state index in [2.05, 4.69) is 36.3 Å².